The molecule has 1 atom stereocenters. The molecule has 1 aliphatic heterocycles. The molecule has 168 valence electrons. The van der Waals surface area contributed by atoms with Crippen LogP contribution in [-0.2, 0) is 26.9 Å². The summed E-state index contributed by atoms with van der Waals surface area (Å²) in [5, 5.41) is 0. The van der Waals surface area contributed by atoms with Crippen molar-refractivity contribution in [1.82, 2.24) is 0 Å². The minimum atomic E-state index is -4.65. The summed E-state index contributed by atoms with van der Waals surface area (Å²) in [6.45, 7) is 1.76. The van der Waals surface area contributed by atoms with E-state index >= 15 is 0 Å². The molecule has 4 rings (SSSR count). The molecule has 0 aliphatic carbocycles. The van der Waals surface area contributed by atoms with E-state index < -0.39 is 33.8 Å². The summed E-state index contributed by atoms with van der Waals surface area (Å²) in [5.41, 5.74) is 0.217. The standard InChI is InChI=1S/C23H18F4O4S/c1-13-7-8-21(32(28,29)30-2)18(9-13)20-11-14-10-15(24)12-17(22(14)31-20)16-5-3-4-6-19(16)23(25,26)27/h3-10,12,20H,11H2,1-2H3. The van der Waals surface area contributed by atoms with Gasteiger partial charge < -0.3 is 4.74 Å². The van der Waals surface area contributed by atoms with Gasteiger partial charge in [-0.05, 0) is 36.8 Å². The van der Waals surface area contributed by atoms with Crippen LogP contribution in [0.1, 0.15) is 28.4 Å². The lowest BCUT2D eigenvalue weighted by atomic mass is 9.95. The predicted molar refractivity (Wildman–Crippen MR) is 109 cm³/mol. The van der Waals surface area contributed by atoms with Gasteiger partial charge >= 0.3 is 6.18 Å². The van der Waals surface area contributed by atoms with Crippen molar-refractivity contribution in [2.24, 2.45) is 0 Å². The molecule has 3 aromatic rings. The number of alkyl halides is 3. The van der Waals surface area contributed by atoms with Crippen LogP contribution in [0.5, 0.6) is 5.75 Å². The Labute approximate surface area is 182 Å². The summed E-state index contributed by atoms with van der Waals surface area (Å²) in [5.74, 6) is -0.621. The van der Waals surface area contributed by atoms with E-state index in [4.69, 9.17) is 4.74 Å². The Balaban J connectivity index is 1.85. The molecule has 1 heterocycles. The lowest BCUT2D eigenvalue weighted by Gasteiger charge is -2.18. The monoisotopic (exact) mass is 466 g/mol. The van der Waals surface area contributed by atoms with Gasteiger partial charge in [-0.25, -0.2) is 4.39 Å². The lowest BCUT2D eigenvalue weighted by molar-refractivity contribution is -0.137. The second-order valence-corrected chi connectivity index (χ2v) is 9.14. The molecule has 0 aromatic heterocycles. The third-order valence-corrected chi connectivity index (χ3v) is 6.67. The first-order valence-corrected chi connectivity index (χ1v) is 11.0. The van der Waals surface area contributed by atoms with Crippen LogP contribution >= 0.6 is 0 Å². The molecule has 0 amide bonds. The van der Waals surface area contributed by atoms with Gasteiger partial charge in [-0.3, -0.25) is 4.18 Å². The maximum Gasteiger partial charge on any atom is 0.417 e. The van der Waals surface area contributed by atoms with Crippen LogP contribution in [0.2, 0.25) is 0 Å². The minimum Gasteiger partial charge on any atom is -0.484 e. The van der Waals surface area contributed by atoms with Gasteiger partial charge in [-0.15, -0.1) is 0 Å². The highest BCUT2D eigenvalue weighted by molar-refractivity contribution is 7.86. The number of hydrogen-bond acceptors (Lipinski definition) is 4. The molecule has 1 aliphatic rings. The minimum absolute atomic E-state index is 0.0424. The average molecular weight is 466 g/mol. The topological polar surface area (TPSA) is 52.6 Å². The third kappa shape index (κ3) is 3.98. The molecule has 3 aromatic carbocycles. The van der Waals surface area contributed by atoms with Crippen LogP contribution in [-0.4, -0.2) is 15.5 Å². The second-order valence-electron chi connectivity index (χ2n) is 7.46. The molecule has 1 unspecified atom stereocenters. The van der Waals surface area contributed by atoms with Gasteiger partial charge in [0, 0.05) is 23.1 Å². The molecule has 0 saturated carbocycles. The third-order valence-electron chi connectivity index (χ3n) is 5.32. The smallest absolute Gasteiger partial charge is 0.417 e. The zero-order chi connectivity index (χ0) is 23.3. The van der Waals surface area contributed by atoms with Crippen molar-refractivity contribution in [3.63, 3.8) is 0 Å². The van der Waals surface area contributed by atoms with Gasteiger partial charge in [0.05, 0.1) is 12.7 Å². The highest BCUT2D eigenvalue weighted by Gasteiger charge is 2.37. The summed E-state index contributed by atoms with van der Waals surface area (Å²) in [7, 11) is -3.04. The highest BCUT2D eigenvalue weighted by Crippen LogP contribution is 2.47. The van der Waals surface area contributed by atoms with Crippen LogP contribution in [0.25, 0.3) is 11.1 Å². The van der Waals surface area contributed by atoms with Crippen LogP contribution in [0, 0.1) is 12.7 Å². The number of rotatable bonds is 4. The quantitative estimate of drug-likeness (QED) is 0.359. The molecule has 0 N–H and O–H groups in total. The van der Waals surface area contributed by atoms with Crippen molar-refractivity contribution in [1.29, 1.82) is 0 Å². The van der Waals surface area contributed by atoms with Gasteiger partial charge in [0.25, 0.3) is 10.1 Å². The number of fused-ring (bicyclic) bond motifs is 1. The van der Waals surface area contributed by atoms with E-state index in [-0.39, 0.29) is 28.2 Å². The Morgan fingerprint density at radius 3 is 2.44 bits per heavy atom. The molecular formula is C23H18F4O4S. The fourth-order valence-electron chi connectivity index (χ4n) is 3.90. The van der Waals surface area contributed by atoms with Crippen LogP contribution in [0.15, 0.2) is 59.5 Å². The van der Waals surface area contributed by atoms with Crippen LogP contribution in [0.4, 0.5) is 17.6 Å². The van der Waals surface area contributed by atoms with Crippen molar-refractivity contribution >= 4 is 10.1 Å². The summed E-state index contributed by atoms with van der Waals surface area (Å²) < 4.78 is 90.6. The van der Waals surface area contributed by atoms with Crippen molar-refractivity contribution < 1.29 is 34.9 Å². The Kier molecular flexibility index (Phi) is 5.50. The molecule has 9 heteroatoms. The summed E-state index contributed by atoms with van der Waals surface area (Å²) in [6.07, 6.45) is -5.41. The van der Waals surface area contributed by atoms with Gasteiger partial charge in [0.1, 0.15) is 22.6 Å². The Hall–Kier alpha value is -2.91. The largest absolute Gasteiger partial charge is 0.484 e. The van der Waals surface area contributed by atoms with E-state index in [2.05, 4.69) is 4.18 Å². The van der Waals surface area contributed by atoms with Gasteiger partial charge in [0.2, 0.25) is 0 Å². The van der Waals surface area contributed by atoms with Crippen molar-refractivity contribution in [2.75, 3.05) is 7.11 Å². The summed E-state index contributed by atoms with van der Waals surface area (Å²) in [4.78, 5) is -0.110. The number of halogens is 4. The zero-order valence-electron chi connectivity index (χ0n) is 17.0. The summed E-state index contributed by atoms with van der Waals surface area (Å²) >= 11 is 0. The molecular weight excluding hydrogens is 448 g/mol. The van der Waals surface area contributed by atoms with Crippen molar-refractivity contribution in [3.05, 3.63) is 82.7 Å². The number of hydrogen-bond donors (Lipinski definition) is 0. The van der Waals surface area contributed by atoms with Crippen molar-refractivity contribution in [2.45, 2.75) is 30.5 Å². The first-order valence-electron chi connectivity index (χ1n) is 9.58. The lowest BCUT2D eigenvalue weighted by Crippen LogP contribution is -2.12. The van der Waals surface area contributed by atoms with Crippen LogP contribution < -0.4 is 4.74 Å². The van der Waals surface area contributed by atoms with E-state index in [0.29, 0.717) is 11.1 Å². The van der Waals surface area contributed by atoms with E-state index in [0.717, 1.165) is 24.8 Å². The number of ether oxygens (including phenoxy) is 1. The Morgan fingerprint density at radius 1 is 1.03 bits per heavy atom. The Morgan fingerprint density at radius 2 is 1.75 bits per heavy atom. The van der Waals surface area contributed by atoms with E-state index in [9.17, 15) is 26.0 Å². The van der Waals surface area contributed by atoms with Gasteiger partial charge in [0.15, 0.2) is 0 Å². The first-order chi connectivity index (χ1) is 15.0. The van der Waals surface area contributed by atoms with Crippen LogP contribution in [0.3, 0.4) is 0 Å². The molecule has 4 nitrogen and oxygen atoms in total. The fraction of sp³-hybridized carbons (Fsp3) is 0.217. The molecule has 0 fully saturated rings. The van der Waals surface area contributed by atoms with E-state index in [1.54, 1.807) is 19.1 Å². The van der Waals surface area contributed by atoms with Crippen molar-refractivity contribution in [3.8, 4) is 16.9 Å². The number of aryl methyl sites for hydroxylation is 1. The molecule has 32 heavy (non-hydrogen) atoms. The maximum atomic E-state index is 14.4. The molecule has 0 spiro atoms. The highest BCUT2D eigenvalue weighted by atomic mass is 32.2. The van der Waals surface area contributed by atoms with Gasteiger partial charge in [-0.2, -0.15) is 21.6 Å². The molecule has 0 bridgehead atoms. The van der Waals surface area contributed by atoms with E-state index in [1.165, 1.54) is 30.3 Å². The second kappa shape index (κ2) is 7.90. The molecule has 0 saturated heterocycles. The normalized spacial score (nSPS) is 16.0. The zero-order valence-corrected chi connectivity index (χ0v) is 17.9. The summed E-state index contributed by atoms with van der Waals surface area (Å²) in [6, 6.07) is 11.6. The number of benzene rings is 3. The first kappa shape index (κ1) is 22.3. The SMILES string of the molecule is COS(=O)(=O)c1ccc(C)cc1C1Cc2cc(F)cc(-c3ccccc3C(F)(F)F)c2O1. The maximum absolute atomic E-state index is 14.4. The predicted octanol–water partition coefficient (Wildman–Crippen LogP) is 5.83. The van der Waals surface area contributed by atoms with Gasteiger partial charge in [-0.1, -0.05) is 35.9 Å². The average Bonchev–Trinajstić information content (AvgIpc) is 3.16. The Bertz CT molecular complexity index is 1300. The fourth-order valence-corrected chi connectivity index (χ4v) is 4.79. The van der Waals surface area contributed by atoms with E-state index in [1.807, 2.05) is 0 Å². The molecule has 0 radical (unpaired) electrons.